The summed E-state index contributed by atoms with van der Waals surface area (Å²) < 4.78 is 42.6. The van der Waals surface area contributed by atoms with Crippen molar-refractivity contribution < 1.29 is 27.8 Å². The highest BCUT2D eigenvalue weighted by Crippen LogP contribution is 2.37. The number of carbonyl (C=O) groups is 1. The minimum absolute atomic E-state index is 0.375. The average Bonchev–Trinajstić information content (AvgIpc) is 2.11. The zero-order chi connectivity index (χ0) is 14.8. The Balaban J connectivity index is 4.72. The van der Waals surface area contributed by atoms with Gasteiger partial charge in [-0.3, -0.25) is 4.79 Å². The summed E-state index contributed by atoms with van der Waals surface area (Å²) in [4.78, 5) is 11.5. The summed E-state index contributed by atoms with van der Waals surface area (Å²) in [7, 11) is 0. The van der Waals surface area contributed by atoms with Gasteiger partial charge in [-0.1, -0.05) is 13.8 Å². The first-order valence-corrected chi connectivity index (χ1v) is 5.84. The van der Waals surface area contributed by atoms with Crippen molar-refractivity contribution in [3.63, 3.8) is 0 Å². The molecule has 0 amide bonds. The fraction of sp³-hybridized carbons (Fsp3) is 0.917. The Bertz CT molecular complexity index is 295. The van der Waals surface area contributed by atoms with E-state index < -0.39 is 29.8 Å². The third-order valence-electron chi connectivity index (χ3n) is 2.77. The summed E-state index contributed by atoms with van der Waals surface area (Å²) in [5.74, 6) is -0.930. The predicted molar refractivity (Wildman–Crippen MR) is 60.9 cm³/mol. The largest absolute Gasteiger partial charge is 0.459 e. The Morgan fingerprint density at radius 3 is 2.06 bits per heavy atom. The van der Waals surface area contributed by atoms with E-state index in [1.54, 1.807) is 13.8 Å². The minimum atomic E-state index is -4.76. The molecule has 108 valence electrons. The molecular weight excluding hydrogens is 249 g/mol. The molecule has 0 heterocycles. The second-order valence-electron chi connectivity index (χ2n) is 5.44. The molecule has 0 bridgehead atoms. The lowest BCUT2D eigenvalue weighted by Crippen LogP contribution is -2.48. The second-order valence-corrected chi connectivity index (χ2v) is 5.44. The Kier molecular flexibility index (Phi) is 5.23. The number of hydrogen-bond donors (Lipinski definition) is 1. The fourth-order valence-corrected chi connectivity index (χ4v) is 1.50. The topological polar surface area (TPSA) is 46.5 Å². The Morgan fingerprint density at radius 1 is 1.28 bits per heavy atom. The lowest BCUT2D eigenvalue weighted by molar-refractivity contribution is -0.267. The molecule has 18 heavy (non-hydrogen) atoms. The normalized spacial score (nSPS) is 18.1. The molecule has 0 aromatic carbocycles. The molecule has 3 nitrogen and oxygen atoms in total. The number of halogens is 3. The highest BCUT2D eigenvalue weighted by molar-refractivity contribution is 5.72. The molecule has 6 heteroatoms. The summed E-state index contributed by atoms with van der Waals surface area (Å²) in [5, 5.41) is 9.38. The van der Waals surface area contributed by atoms with E-state index in [9.17, 15) is 23.1 Å². The molecule has 2 atom stereocenters. The summed E-state index contributed by atoms with van der Waals surface area (Å²) >= 11 is 0. The maximum Gasteiger partial charge on any atom is 0.417 e. The summed E-state index contributed by atoms with van der Waals surface area (Å²) in [6.07, 6.45) is -4.91. The van der Waals surface area contributed by atoms with Gasteiger partial charge in [0.2, 0.25) is 0 Å². The lowest BCUT2D eigenvalue weighted by atomic mass is 9.90. The van der Waals surface area contributed by atoms with Crippen molar-refractivity contribution in [1.29, 1.82) is 0 Å². The molecule has 2 unspecified atom stereocenters. The van der Waals surface area contributed by atoms with Gasteiger partial charge in [-0.2, -0.15) is 13.2 Å². The van der Waals surface area contributed by atoms with E-state index >= 15 is 0 Å². The maximum absolute atomic E-state index is 12.5. The van der Waals surface area contributed by atoms with E-state index in [4.69, 9.17) is 4.74 Å². The molecule has 0 spiro atoms. The quantitative estimate of drug-likeness (QED) is 0.781. The van der Waals surface area contributed by atoms with Crippen LogP contribution in [0, 0.1) is 5.92 Å². The molecule has 0 aliphatic carbocycles. The van der Waals surface area contributed by atoms with Crippen LogP contribution in [0.2, 0.25) is 0 Å². The summed E-state index contributed by atoms with van der Waals surface area (Å²) in [6.45, 7) is 6.80. The van der Waals surface area contributed by atoms with Crippen LogP contribution in [-0.2, 0) is 9.53 Å². The van der Waals surface area contributed by atoms with Crippen LogP contribution in [0.1, 0.15) is 47.5 Å². The van der Waals surface area contributed by atoms with Crippen LogP contribution >= 0.6 is 0 Å². The van der Waals surface area contributed by atoms with Crippen LogP contribution in [0.25, 0.3) is 0 Å². The number of rotatable bonds is 5. The zero-order valence-corrected chi connectivity index (χ0v) is 11.4. The highest BCUT2D eigenvalue weighted by atomic mass is 19.4. The number of ether oxygens (including phenoxy) is 1. The van der Waals surface area contributed by atoms with Gasteiger partial charge in [-0.05, 0) is 27.2 Å². The van der Waals surface area contributed by atoms with Crippen LogP contribution in [0.3, 0.4) is 0 Å². The van der Waals surface area contributed by atoms with Crippen molar-refractivity contribution in [2.24, 2.45) is 5.92 Å². The second kappa shape index (κ2) is 5.47. The average molecular weight is 270 g/mol. The van der Waals surface area contributed by atoms with E-state index in [1.165, 1.54) is 13.8 Å². The third kappa shape index (κ3) is 4.84. The SMILES string of the molecule is CCC(C)C(=O)OC(C)(C)CC(C)(O)C(F)(F)F. The van der Waals surface area contributed by atoms with Crippen molar-refractivity contribution >= 4 is 5.97 Å². The molecule has 0 aliphatic rings. The van der Waals surface area contributed by atoms with Crippen molar-refractivity contribution in [2.45, 2.75) is 64.8 Å². The number of esters is 1. The molecule has 0 aromatic rings. The standard InChI is InChI=1S/C12H21F3O3/c1-6-8(2)9(16)18-10(3,4)7-11(5,17)12(13,14)15/h8,17H,6-7H2,1-5H3. The van der Waals surface area contributed by atoms with Crippen LogP contribution in [0.15, 0.2) is 0 Å². The molecule has 0 aromatic heterocycles. The van der Waals surface area contributed by atoms with Gasteiger partial charge >= 0.3 is 12.1 Å². The molecule has 0 radical (unpaired) electrons. The molecule has 1 N–H and O–H groups in total. The number of aliphatic hydroxyl groups is 1. The zero-order valence-electron chi connectivity index (χ0n) is 11.4. The Morgan fingerprint density at radius 2 is 1.72 bits per heavy atom. The van der Waals surface area contributed by atoms with E-state index in [-0.39, 0.29) is 5.92 Å². The van der Waals surface area contributed by atoms with Crippen molar-refractivity contribution in [2.75, 3.05) is 0 Å². The smallest absolute Gasteiger partial charge is 0.417 e. The minimum Gasteiger partial charge on any atom is -0.459 e. The molecule has 0 rings (SSSR count). The third-order valence-corrected chi connectivity index (χ3v) is 2.77. The number of hydrogen-bond acceptors (Lipinski definition) is 3. The number of carbonyl (C=O) groups excluding carboxylic acids is 1. The Labute approximate surface area is 105 Å². The predicted octanol–water partition coefficient (Wildman–Crippen LogP) is 3.06. The van der Waals surface area contributed by atoms with E-state index in [2.05, 4.69) is 0 Å². The van der Waals surface area contributed by atoms with Crippen molar-refractivity contribution in [1.82, 2.24) is 0 Å². The summed E-state index contributed by atoms with van der Waals surface area (Å²) in [5.41, 5.74) is -4.26. The van der Waals surface area contributed by atoms with E-state index in [1.807, 2.05) is 0 Å². The van der Waals surface area contributed by atoms with Gasteiger partial charge in [0.1, 0.15) is 5.60 Å². The molecule has 0 saturated heterocycles. The van der Waals surface area contributed by atoms with Crippen molar-refractivity contribution in [3.8, 4) is 0 Å². The first-order chi connectivity index (χ1) is 7.82. The van der Waals surface area contributed by atoms with Gasteiger partial charge in [-0.25, -0.2) is 0 Å². The first kappa shape index (κ1) is 17.2. The van der Waals surface area contributed by atoms with Gasteiger partial charge in [0, 0.05) is 6.42 Å². The lowest BCUT2D eigenvalue weighted by Gasteiger charge is -2.35. The highest BCUT2D eigenvalue weighted by Gasteiger charge is 2.53. The van der Waals surface area contributed by atoms with Crippen LogP contribution in [0.4, 0.5) is 13.2 Å². The van der Waals surface area contributed by atoms with Gasteiger partial charge in [-0.15, -0.1) is 0 Å². The van der Waals surface area contributed by atoms with Crippen molar-refractivity contribution in [3.05, 3.63) is 0 Å². The van der Waals surface area contributed by atoms with Gasteiger partial charge in [0.25, 0.3) is 0 Å². The molecule has 0 fully saturated rings. The molecular formula is C12H21F3O3. The van der Waals surface area contributed by atoms with Gasteiger partial charge in [0.05, 0.1) is 5.92 Å². The van der Waals surface area contributed by atoms with E-state index in [0.717, 1.165) is 0 Å². The molecule has 0 saturated carbocycles. The van der Waals surface area contributed by atoms with E-state index in [0.29, 0.717) is 13.3 Å². The van der Waals surface area contributed by atoms with Gasteiger partial charge < -0.3 is 9.84 Å². The van der Waals surface area contributed by atoms with Crippen LogP contribution in [0.5, 0.6) is 0 Å². The summed E-state index contributed by atoms with van der Waals surface area (Å²) in [6, 6.07) is 0. The molecule has 0 aliphatic heterocycles. The first-order valence-electron chi connectivity index (χ1n) is 5.84. The number of alkyl halides is 3. The van der Waals surface area contributed by atoms with Crippen LogP contribution < -0.4 is 0 Å². The van der Waals surface area contributed by atoms with Gasteiger partial charge in [0.15, 0.2) is 5.60 Å². The van der Waals surface area contributed by atoms with Crippen LogP contribution in [-0.4, -0.2) is 28.5 Å². The maximum atomic E-state index is 12.5. The Hall–Kier alpha value is -0.780. The monoisotopic (exact) mass is 270 g/mol. The fourth-order valence-electron chi connectivity index (χ4n) is 1.50.